The van der Waals surface area contributed by atoms with Crippen molar-refractivity contribution in [1.29, 1.82) is 0 Å². The summed E-state index contributed by atoms with van der Waals surface area (Å²) in [5.41, 5.74) is 1.40. The summed E-state index contributed by atoms with van der Waals surface area (Å²) in [5.74, 6) is -1.99. The molecule has 1 aromatic rings. The van der Waals surface area contributed by atoms with Crippen LogP contribution >= 0.6 is 0 Å². The van der Waals surface area contributed by atoms with Gasteiger partial charge < -0.3 is 0 Å². The predicted octanol–water partition coefficient (Wildman–Crippen LogP) is 2.40. The van der Waals surface area contributed by atoms with Crippen molar-refractivity contribution in [2.45, 2.75) is 20.0 Å². The zero-order valence-electron chi connectivity index (χ0n) is 9.76. The maximum atomic E-state index is 12.4. The number of carbonyl (C=O) groups excluding carboxylic acids is 2. The molecule has 18 heavy (non-hydrogen) atoms. The van der Waals surface area contributed by atoms with E-state index in [-0.39, 0.29) is 11.3 Å². The molecule has 2 rings (SSSR count). The molecular weight excluding hydrogens is 247 g/mol. The normalized spacial score (nSPS) is 15.3. The Morgan fingerprint density at radius 2 is 1.78 bits per heavy atom. The minimum Gasteiger partial charge on any atom is -0.295 e. The van der Waals surface area contributed by atoms with E-state index in [1.807, 2.05) is 0 Å². The van der Waals surface area contributed by atoms with Gasteiger partial charge in [0.05, 0.1) is 11.3 Å². The van der Waals surface area contributed by atoms with Gasteiger partial charge in [-0.15, -0.1) is 0 Å². The molecule has 0 saturated heterocycles. The molecule has 6 heteroatoms. The molecule has 0 fully saturated rings. The molecule has 0 radical (unpaired) electrons. The fraction of sp³-hybridized carbons (Fsp3) is 0.333. The van der Waals surface area contributed by atoms with Crippen LogP contribution < -0.4 is 4.90 Å². The first kappa shape index (κ1) is 12.6. The van der Waals surface area contributed by atoms with Gasteiger partial charge in [-0.25, -0.2) is 0 Å². The first-order chi connectivity index (χ1) is 8.22. The number of hydrogen-bond donors (Lipinski definition) is 0. The average Bonchev–Trinajstić information content (AvgIpc) is 2.47. The number of hydrogen-bond acceptors (Lipinski definition) is 2. The van der Waals surface area contributed by atoms with Crippen LogP contribution in [-0.4, -0.2) is 24.4 Å². The van der Waals surface area contributed by atoms with Crippen molar-refractivity contribution in [1.82, 2.24) is 0 Å². The Bertz CT molecular complexity index is 549. The number of aryl methyl sites for hydroxylation is 1. The molecule has 3 nitrogen and oxygen atoms in total. The summed E-state index contributed by atoms with van der Waals surface area (Å²) in [6.45, 7) is 1.88. The first-order valence-corrected chi connectivity index (χ1v) is 5.25. The minimum absolute atomic E-state index is 0.0485. The topological polar surface area (TPSA) is 37.4 Å². The number of fused-ring (bicyclic) bond motifs is 1. The van der Waals surface area contributed by atoms with Crippen LogP contribution in [0.5, 0.6) is 0 Å². The summed E-state index contributed by atoms with van der Waals surface area (Å²) in [6.07, 6.45) is -4.53. The van der Waals surface area contributed by atoms with E-state index in [0.717, 1.165) is 5.56 Å². The molecule has 1 amide bonds. The van der Waals surface area contributed by atoms with E-state index in [4.69, 9.17) is 0 Å². The van der Waals surface area contributed by atoms with Crippen molar-refractivity contribution >= 4 is 17.4 Å². The van der Waals surface area contributed by atoms with Crippen LogP contribution in [0.1, 0.15) is 21.5 Å². The molecule has 1 aliphatic heterocycles. The Hall–Kier alpha value is -1.85. The third kappa shape index (κ3) is 1.87. The van der Waals surface area contributed by atoms with E-state index in [0.29, 0.717) is 10.5 Å². The number of amides is 1. The Kier molecular flexibility index (Phi) is 2.68. The van der Waals surface area contributed by atoms with Gasteiger partial charge in [0.25, 0.3) is 11.7 Å². The second-order valence-electron chi connectivity index (χ2n) is 4.24. The third-order valence-electron chi connectivity index (χ3n) is 2.99. The van der Waals surface area contributed by atoms with Gasteiger partial charge in [-0.1, -0.05) is 6.07 Å². The van der Waals surface area contributed by atoms with Crippen LogP contribution in [-0.2, 0) is 4.79 Å². The standard InChI is InChI=1S/C12H10F3NO2/c1-6-3-4-8-9(7(6)2)16(5-12(13,14)15)11(18)10(8)17/h3-4H,5H2,1-2H3. The number of benzene rings is 1. The van der Waals surface area contributed by atoms with Gasteiger partial charge in [0.2, 0.25) is 0 Å². The van der Waals surface area contributed by atoms with E-state index in [2.05, 4.69) is 0 Å². The lowest BCUT2D eigenvalue weighted by Gasteiger charge is -2.20. The van der Waals surface area contributed by atoms with Crippen molar-refractivity contribution in [3.63, 3.8) is 0 Å². The smallest absolute Gasteiger partial charge is 0.295 e. The van der Waals surface area contributed by atoms with Crippen molar-refractivity contribution in [2.75, 3.05) is 11.4 Å². The number of Topliss-reactive ketones (excluding diaryl/α,β-unsaturated/α-hetero) is 1. The molecule has 0 unspecified atom stereocenters. The van der Waals surface area contributed by atoms with E-state index < -0.39 is 24.4 Å². The number of anilines is 1. The lowest BCUT2D eigenvalue weighted by Crippen LogP contribution is -2.38. The van der Waals surface area contributed by atoms with Crippen LogP contribution in [0.3, 0.4) is 0 Å². The Morgan fingerprint density at radius 1 is 1.17 bits per heavy atom. The van der Waals surface area contributed by atoms with Gasteiger partial charge in [0.15, 0.2) is 0 Å². The Morgan fingerprint density at radius 3 is 2.33 bits per heavy atom. The van der Waals surface area contributed by atoms with Gasteiger partial charge in [0.1, 0.15) is 6.54 Å². The van der Waals surface area contributed by atoms with E-state index in [1.54, 1.807) is 19.9 Å². The molecule has 0 aromatic heterocycles. The number of carbonyl (C=O) groups is 2. The van der Waals surface area contributed by atoms with Crippen LogP contribution in [0.2, 0.25) is 0 Å². The Labute approximate surface area is 101 Å². The molecule has 0 spiro atoms. The number of ketones is 1. The SMILES string of the molecule is Cc1ccc2c(c1C)N(CC(F)(F)F)C(=O)C2=O. The van der Waals surface area contributed by atoms with Gasteiger partial charge in [-0.05, 0) is 31.0 Å². The van der Waals surface area contributed by atoms with E-state index >= 15 is 0 Å². The summed E-state index contributed by atoms with van der Waals surface area (Å²) in [7, 11) is 0. The average molecular weight is 257 g/mol. The highest BCUT2D eigenvalue weighted by Crippen LogP contribution is 2.35. The van der Waals surface area contributed by atoms with Crippen molar-refractivity contribution in [3.05, 3.63) is 28.8 Å². The highest BCUT2D eigenvalue weighted by Gasteiger charge is 2.43. The molecule has 1 aromatic carbocycles. The third-order valence-corrected chi connectivity index (χ3v) is 2.99. The molecular formula is C12H10F3NO2. The van der Waals surface area contributed by atoms with Crippen LogP contribution in [0.25, 0.3) is 0 Å². The van der Waals surface area contributed by atoms with E-state index in [9.17, 15) is 22.8 Å². The summed E-state index contributed by atoms with van der Waals surface area (Å²) in [5, 5.41) is 0. The molecule has 0 bridgehead atoms. The van der Waals surface area contributed by atoms with Crippen molar-refractivity contribution < 1.29 is 22.8 Å². The summed E-state index contributed by atoms with van der Waals surface area (Å²) in [6, 6.07) is 3.02. The Balaban J connectivity index is 2.57. The maximum Gasteiger partial charge on any atom is 0.406 e. The fourth-order valence-electron chi connectivity index (χ4n) is 2.00. The number of rotatable bonds is 1. The fourth-order valence-corrected chi connectivity index (χ4v) is 2.00. The summed E-state index contributed by atoms with van der Waals surface area (Å²) >= 11 is 0. The molecule has 1 heterocycles. The van der Waals surface area contributed by atoms with Crippen molar-refractivity contribution in [3.8, 4) is 0 Å². The molecule has 0 atom stereocenters. The summed E-state index contributed by atoms with van der Waals surface area (Å²) < 4.78 is 37.3. The van der Waals surface area contributed by atoms with E-state index in [1.165, 1.54) is 6.07 Å². The predicted molar refractivity (Wildman–Crippen MR) is 58.7 cm³/mol. The van der Waals surface area contributed by atoms with Gasteiger partial charge in [-0.3, -0.25) is 14.5 Å². The van der Waals surface area contributed by atoms with Crippen LogP contribution in [0.4, 0.5) is 18.9 Å². The quantitative estimate of drug-likeness (QED) is 0.724. The zero-order valence-corrected chi connectivity index (χ0v) is 9.76. The second-order valence-corrected chi connectivity index (χ2v) is 4.24. The maximum absolute atomic E-state index is 12.4. The van der Waals surface area contributed by atoms with Gasteiger partial charge in [0, 0.05) is 0 Å². The molecule has 0 N–H and O–H groups in total. The first-order valence-electron chi connectivity index (χ1n) is 5.25. The number of halogens is 3. The highest BCUT2D eigenvalue weighted by atomic mass is 19.4. The van der Waals surface area contributed by atoms with Gasteiger partial charge in [-0.2, -0.15) is 13.2 Å². The lowest BCUT2D eigenvalue weighted by atomic mass is 10.0. The van der Waals surface area contributed by atoms with Crippen molar-refractivity contribution in [2.24, 2.45) is 0 Å². The van der Waals surface area contributed by atoms with Gasteiger partial charge >= 0.3 is 6.18 Å². The van der Waals surface area contributed by atoms with Crippen LogP contribution in [0, 0.1) is 13.8 Å². The molecule has 96 valence electrons. The molecule has 0 saturated carbocycles. The monoisotopic (exact) mass is 257 g/mol. The second kappa shape index (κ2) is 3.83. The highest BCUT2D eigenvalue weighted by molar-refractivity contribution is 6.52. The largest absolute Gasteiger partial charge is 0.406 e. The number of nitrogens with zero attached hydrogens (tertiary/aromatic N) is 1. The summed E-state index contributed by atoms with van der Waals surface area (Å²) in [4.78, 5) is 23.7. The van der Waals surface area contributed by atoms with Crippen LogP contribution in [0.15, 0.2) is 12.1 Å². The number of alkyl halides is 3. The zero-order chi connectivity index (χ0) is 13.7. The molecule has 1 aliphatic rings. The molecule has 0 aliphatic carbocycles. The lowest BCUT2D eigenvalue weighted by molar-refractivity contribution is -0.129. The minimum atomic E-state index is -4.53.